The van der Waals surface area contributed by atoms with Gasteiger partial charge in [-0.2, -0.15) is 13.2 Å². The normalized spacial score (nSPS) is 21.4. The summed E-state index contributed by atoms with van der Waals surface area (Å²) in [6.07, 6.45) is 6.70. The lowest BCUT2D eigenvalue weighted by Gasteiger charge is -2.34. The summed E-state index contributed by atoms with van der Waals surface area (Å²) in [5.74, 6) is 0.751. The monoisotopic (exact) mass is 524 g/mol. The summed E-state index contributed by atoms with van der Waals surface area (Å²) < 4.78 is 39.4. The fourth-order valence-electron chi connectivity index (χ4n) is 6.40. The number of hydrogen-bond acceptors (Lipinski definition) is 2. The molecule has 1 heterocycles. The molecular weight excluding hydrogens is 485 g/mol. The molecule has 1 N–H and O–H groups in total. The molecule has 204 valence electrons. The number of benzene rings is 1. The summed E-state index contributed by atoms with van der Waals surface area (Å²) >= 11 is 0. The van der Waals surface area contributed by atoms with Gasteiger partial charge in [0, 0.05) is 6.20 Å². The number of alkyl halides is 3. The van der Waals surface area contributed by atoms with Gasteiger partial charge in [0.05, 0.1) is 11.3 Å². The van der Waals surface area contributed by atoms with E-state index in [9.17, 15) is 18.0 Å². The van der Waals surface area contributed by atoms with E-state index in [4.69, 9.17) is 0 Å². The number of pyridine rings is 1. The van der Waals surface area contributed by atoms with Crippen LogP contribution in [-0.2, 0) is 0 Å². The minimum atomic E-state index is -4.60. The second-order valence-electron chi connectivity index (χ2n) is 11.0. The molecule has 1 fully saturated rings. The summed E-state index contributed by atoms with van der Waals surface area (Å²) in [4.78, 5) is 17.2. The number of fused-ring (bicyclic) bond motifs is 1. The Morgan fingerprint density at radius 2 is 1.92 bits per heavy atom. The van der Waals surface area contributed by atoms with Crippen LogP contribution in [0.5, 0.6) is 0 Å². The average molecular weight is 525 g/mol. The Labute approximate surface area is 224 Å². The second-order valence-corrected chi connectivity index (χ2v) is 11.0. The molecule has 38 heavy (non-hydrogen) atoms. The van der Waals surface area contributed by atoms with Crippen molar-refractivity contribution < 1.29 is 18.0 Å². The zero-order valence-electron chi connectivity index (χ0n) is 22.7. The number of aryl methyl sites for hydroxylation is 1. The number of allylic oxidation sites excluding steroid dienone is 2. The molecule has 1 aromatic carbocycles. The topological polar surface area (TPSA) is 42.0 Å². The predicted octanol–water partition coefficient (Wildman–Crippen LogP) is 8.65. The van der Waals surface area contributed by atoms with E-state index < -0.39 is 18.1 Å². The minimum Gasteiger partial charge on any atom is -0.337 e. The first-order valence-electron chi connectivity index (χ1n) is 13.9. The van der Waals surface area contributed by atoms with Crippen molar-refractivity contribution in [1.82, 2.24) is 10.3 Å². The zero-order valence-corrected chi connectivity index (χ0v) is 22.7. The fraction of sp³-hybridized carbons (Fsp3) is 0.500. The number of amides is 1. The Balaban J connectivity index is 1.74. The fourth-order valence-corrected chi connectivity index (χ4v) is 6.40. The van der Waals surface area contributed by atoms with Gasteiger partial charge in [0.1, 0.15) is 6.04 Å². The van der Waals surface area contributed by atoms with Gasteiger partial charge < -0.3 is 5.32 Å². The van der Waals surface area contributed by atoms with Crippen LogP contribution in [0.25, 0.3) is 11.1 Å². The Bertz CT molecular complexity index is 1180. The number of nitrogens with one attached hydrogen (secondary N) is 1. The van der Waals surface area contributed by atoms with Gasteiger partial charge >= 0.3 is 6.18 Å². The van der Waals surface area contributed by atoms with Crippen LogP contribution in [0, 0.1) is 18.8 Å². The Kier molecular flexibility index (Phi) is 8.79. The van der Waals surface area contributed by atoms with Crippen LogP contribution >= 0.6 is 0 Å². The lowest BCUT2D eigenvalue weighted by molar-refractivity contribution is -0.142. The van der Waals surface area contributed by atoms with Crippen LogP contribution in [0.2, 0.25) is 0 Å². The van der Waals surface area contributed by atoms with Gasteiger partial charge in [0.2, 0.25) is 0 Å². The van der Waals surface area contributed by atoms with E-state index in [2.05, 4.69) is 50.5 Å². The summed E-state index contributed by atoms with van der Waals surface area (Å²) in [7, 11) is 0. The Morgan fingerprint density at radius 1 is 1.18 bits per heavy atom. The summed E-state index contributed by atoms with van der Waals surface area (Å²) in [5, 5.41) is 2.00. The third-order valence-corrected chi connectivity index (χ3v) is 8.43. The van der Waals surface area contributed by atoms with E-state index in [0.29, 0.717) is 23.8 Å². The van der Waals surface area contributed by atoms with Crippen molar-refractivity contribution >= 4 is 17.1 Å². The zero-order chi connectivity index (χ0) is 27.4. The van der Waals surface area contributed by atoms with E-state index in [-0.39, 0.29) is 5.56 Å². The largest absolute Gasteiger partial charge is 0.412 e. The number of nitrogens with zero attached hydrogens (tertiary/aromatic N) is 1. The van der Waals surface area contributed by atoms with E-state index in [1.54, 1.807) is 12.1 Å². The van der Waals surface area contributed by atoms with Crippen molar-refractivity contribution in [2.75, 3.05) is 0 Å². The van der Waals surface area contributed by atoms with Gasteiger partial charge in [-0.15, -0.1) is 6.58 Å². The second kappa shape index (κ2) is 11.9. The lowest BCUT2D eigenvalue weighted by Crippen LogP contribution is -2.43. The number of carbonyl (C=O) groups excluding carboxylic acids is 1. The highest BCUT2D eigenvalue weighted by atomic mass is 19.4. The van der Waals surface area contributed by atoms with Gasteiger partial charge in [-0.1, -0.05) is 82.2 Å². The average Bonchev–Trinajstić information content (AvgIpc) is 3.02. The van der Waals surface area contributed by atoms with Gasteiger partial charge in [-0.3, -0.25) is 9.78 Å². The molecule has 1 aromatic heterocycles. The molecule has 0 bridgehead atoms. The van der Waals surface area contributed by atoms with Crippen molar-refractivity contribution in [3.63, 3.8) is 0 Å². The molecule has 0 aliphatic heterocycles. The maximum atomic E-state index is 13.1. The van der Waals surface area contributed by atoms with Crippen LogP contribution in [-0.4, -0.2) is 23.1 Å². The smallest absolute Gasteiger partial charge is 0.337 e. The van der Waals surface area contributed by atoms with Crippen LogP contribution in [0.15, 0.2) is 49.2 Å². The SMILES string of the molecule is C=CC(NC(=O)c1ccc(C2=C(CCC)c3ccc(C)cc3C(C)C(C3CCCCC3)C2)nc1)C(F)(F)F. The molecule has 4 rings (SSSR count). The molecule has 2 aliphatic carbocycles. The molecule has 0 radical (unpaired) electrons. The quantitative estimate of drug-likeness (QED) is 0.368. The molecular formula is C32H39F3N2O. The highest BCUT2D eigenvalue weighted by Gasteiger charge is 2.39. The molecule has 2 aliphatic rings. The molecule has 6 heteroatoms. The first-order valence-corrected chi connectivity index (χ1v) is 13.9. The molecule has 1 saturated carbocycles. The number of rotatable bonds is 7. The predicted molar refractivity (Wildman–Crippen MR) is 148 cm³/mol. The third kappa shape index (κ3) is 6.05. The van der Waals surface area contributed by atoms with Gasteiger partial charge in [-0.25, -0.2) is 0 Å². The first kappa shape index (κ1) is 28.1. The molecule has 3 nitrogen and oxygen atoms in total. The van der Waals surface area contributed by atoms with E-state index in [0.717, 1.165) is 25.0 Å². The van der Waals surface area contributed by atoms with Crippen molar-refractivity contribution in [1.29, 1.82) is 0 Å². The summed E-state index contributed by atoms with van der Waals surface area (Å²) in [5.41, 5.74) is 7.40. The van der Waals surface area contributed by atoms with E-state index in [1.807, 2.05) is 5.32 Å². The van der Waals surface area contributed by atoms with Gasteiger partial charge in [0.15, 0.2) is 0 Å². The number of aromatic nitrogens is 1. The highest BCUT2D eigenvalue weighted by molar-refractivity contribution is 5.95. The third-order valence-electron chi connectivity index (χ3n) is 8.43. The van der Waals surface area contributed by atoms with Crippen LogP contribution in [0.1, 0.15) is 104 Å². The number of carbonyl (C=O) groups is 1. The summed E-state index contributed by atoms with van der Waals surface area (Å²) in [6, 6.07) is 8.07. The van der Waals surface area contributed by atoms with Crippen molar-refractivity contribution in [2.24, 2.45) is 11.8 Å². The maximum absolute atomic E-state index is 13.1. The minimum absolute atomic E-state index is 0.101. The number of halogens is 3. The molecule has 3 unspecified atom stereocenters. The van der Waals surface area contributed by atoms with Crippen molar-refractivity contribution in [3.8, 4) is 0 Å². The first-order chi connectivity index (χ1) is 18.1. The van der Waals surface area contributed by atoms with Crippen LogP contribution in [0.3, 0.4) is 0 Å². The molecule has 1 amide bonds. The van der Waals surface area contributed by atoms with E-state index >= 15 is 0 Å². The van der Waals surface area contributed by atoms with E-state index in [1.165, 1.54) is 66.1 Å². The van der Waals surface area contributed by atoms with Crippen LogP contribution in [0.4, 0.5) is 13.2 Å². The van der Waals surface area contributed by atoms with Crippen LogP contribution < -0.4 is 5.32 Å². The molecule has 2 aromatic rings. The molecule has 0 saturated heterocycles. The maximum Gasteiger partial charge on any atom is 0.412 e. The highest BCUT2D eigenvalue weighted by Crippen LogP contribution is 2.49. The summed E-state index contributed by atoms with van der Waals surface area (Å²) in [6.45, 7) is 9.91. The van der Waals surface area contributed by atoms with Crippen molar-refractivity contribution in [2.45, 2.75) is 90.3 Å². The van der Waals surface area contributed by atoms with Crippen molar-refractivity contribution in [3.05, 3.63) is 77.1 Å². The number of hydrogen-bond donors (Lipinski definition) is 1. The van der Waals surface area contributed by atoms with Gasteiger partial charge in [-0.05, 0) is 71.9 Å². The standard InChI is InChI=1S/C32H39F3N2O/c1-5-10-24-25-15-13-20(3)17-27(25)21(4)26(22-11-8-7-9-12-22)18-28(24)29-16-14-23(19-36-29)31(38)37-30(6-2)32(33,34)35/h6,13-17,19,21-22,26,30H,2,5,7-12,18H2,1,3-4H3,(H,37,38). The molecule has 0 spiro atoms. The Hall–Kier alpha value is -2.89. The Morgan fingerprint density at radius 3 is 2.53 bits per heavy atom. The molecule has 3 atom stereocenters. The lowest BCUT2D eigenvalue weighted by atomic mass is 9.70. The van der Waals surface area contributed by atoms with Gasteiger partial charge in [0.25, 0.3) is 5.91 Å².